The number of fused-ring (bicyclic) bond motifs is 1. The average Bonchev–Trinajstić information content (AvgIpc) is 2.86. The van der Waals surface area contributed by atoms with Crippen LogP contribution in [0.25, 0.3) is 0 Å². The summed E-state index contributed by atoms with van der Waals surface area (Å²) in [5.74, 6) is 0.827. The van der Waals surface area contributed by atoms with Crippen LogP contribution in [0.15, 0.2) is 18.3 Å². The molecule has 1 aromatic rings. The van der Waals surface area contributed by atoms with Gasteiger partial charge < -0.3 is 5.32 Å². The van der Waals surface area contributed by atoms with E-state index in [0.29, 0.717) is 6.04 Å². The lowest BCUT2D eigenvalue weighted by Crippen LogP contribution is -2.30. The molecule has 2 aliphatic carbocycles. The Kier molecular flexibility index (Phi) is 3.27. The lowest BCUT2D eigenvalue weighted by Gasteiger charge is -2.26. The van der Waals surface area contributed by atoms with Crippen molar-refractivity contribution in [3.05, 3.63) is 29.6 Å². The average molecular weight is 231 g/mol. The fraction of sp³-hybridized carbons (Fsp3) is 0.643. The summed E-state index contributed by atoms with van der Waals surface area (Å²) < 4.78 is 0. The second kappa shape index (κ2) is 5.05. The number of aromatic nitrogens is 2. The van der Waals surface area contributed by atoms with Gasteiger partial charge in [-0.15, -0.1) is 0 Å². The molecule has 0 radical (unpaired) electrons. The zero-order valence-corrected chi connectivity index (χ0v) is 10.3. The molecule has 0 bridgehead atoms. The SMILES string of the molecule is C1=CCC(CNC2CCCc3cn[nH]c32)CC1. The van der Waals surface area contributed by atoms with Gasteiger partial charge in [-0.3, -0.25) is 5.10 Å². The van der Waals surface area contributed by atoms with Gasteiger partial charge in [-0.2, -0.15) is 5.10 Å². The molecule has 0 aromatic carbocycles. The standard InChI is InChI=1S/C14H21N3/c1-2-5-11(6-3-1)9-15-13-8-4-7-12-10-16-17-14(12)13/h1-2,10-11,13,15H,3-9H2,(H,16,17). The molecule has 0 saturated heterocycles. The van der Waals surface area contributed by atoms with E-state index in [2.05, 4.69) is 27.7 Å². The molecule has 3 nitrogen and oxygen atoms in total. The summed E-state index contributed by atoms with van der Waals surface area (Å²) in [6, 6.07) is 0.507. The molecule has 2 unspecified atom stereocenters. The zero-order chi connectivity index (χ0) is 11.5. The first-order valence-electron chi connectivity index (χ1n) is 6.84. The third kappa shape index (κ3) is 2.44. The van der Waals surface area contributed by atoms with Crippen LogP contribution in [0.2, 0.25) is 0 Å². The number of rotatable bonds is 3. The normalized spacial score (nSPS) is 28.0. The molecule has 92 valence electrons. The zero-order valence-electron chi connectivity index (χ0n) is 10.3. The molecule has 2 aliphatic rings. The van der Waals surface area contributed by atoms with E-state index in [1.54, 1.807) is 0 Å². The van der Waals surface area contributed by atoms with Crippen LogP contribution >= 0.6 is 0 Å². The molecule has 2 atom stereocenters. The molecule has 17 heavy (non-hydrogen) atoms. The topological polar surface area (TPSA) is 40.7 Å². The van der Waals surface area contributed by atoms with E-state index in [0.717, 1.165) is 12.5 Å². The van der Waals surface area contributed by atoms with E-state index in [1.165, 1.54) is 49.8 Å². The van der Waals surface area contributed by atoms with Crippen LogP contribution in [0.1, 0.15) is 49.4 Å². The second-order valence-electron chi connectivity index (χ2n) is 5.31. The van der Waals surface area contributed by atoms with Gasteiger partial charge in [0, 0.05) is 6.04 Å². The predicted octanol–water partition coefficient (Wildman–Crippen LogP) is 2.73. The maximum atomic E-state index is 4.17. The van der Waals surface area contributed by atoms with Crippen molar-refractivity contribution in [2.45, 2.75) is 44.6 Å². The Bertz CT molecular complexity index is 394. The molecule has 1 heterocycles. The molecule has 3 rings (SSSR count). The van der Waals surface area contributed by atoms with Gasteiger partial charge in [0.05, 0.1) is 11.9 Å². The molecular weight excluding hydrogens is 210 g/mol. The number of nitrogens with zero attached hydrogens (tertiary/aromatic N) is 1. The number of aryl methyl sites for hydroxylation is 1. The Morgan fingerprint density at radius 3 is 3.24 bits per heavy atom. The number of nitrogens with one attached hydrogen (secondary N) is 2. The van der Waals surface area contributed by atoms with E-state index < -0.39 is 0 Å². The van der Waals surface area contributed by atoms with Crippen LogP contribution in [0.3, 0.4) is 0 Å². The van der Waals surface area contributed by atoms with E-state index in [4.69, 9.17) is 0 Å². The largest absolute Gasteiger partial charge is 0.308 e. The summed E-state index contributed by atoms with van der Waals surface area (Å²) in [6.07, 6.45) is 14.2. The molecule has 1 aromatic heterocycles. The number of aromatic amines is 1. The smallest absolute Gasteiger partial charge is 0.0553 e. The monoisotopic (exact) mass is 231 g/mol. The highest BCUT2D eigenvalue weighted by molar-refractivity contribution is 5.22. The first-order chi connectivity index (χ1) is 8.43. The Morgan fingerprint density at radius 2 is 2.35 bits per heavy atom. The number of hydrogen-bond donors (Lipinski definition) is 2. The predicted molar refractivity (Wildman–Crippen MR) is 68.8 cm³/mol. The van der Waals surface area contributed by atoms with Crippen molar-refractivity contribution in [3.8, 4) is 0 Å². The highest BCUT2D eigenvalue weighted by Crippen LogP contribution is 2.28. The highest BCUT2D eigenvalue weighted by atomic mass is 15.1. The van der Waals surface area contributed by atoms with Crippen LogP contribution in [0.4, 0.5) is 0 Å². The summed E-state index contributed by atoms with van der Waals surface area (Å²) in [6.45, 7) is 1.15. The Labute approximate surface area is 103 Å². The maximum absolute atomic E-state index is 4.17. The van der Waals surface area contributed by atoms with Crippen molar-refractivity contribution in [1.82, 2.24) is 15.5 Å². The molecule has 0 amide bonds. The quantitative estimate of drug-likeness (QED) is 0.785. The van der Waals surface area contributed by atoms with E-state index in [-0.39, 0.29) is 0 Å². The van der Waals surface area contributed by atoms with Gasteiger partial charge in [0.15, 0.2) is 0 Å². The minimum Gasteiger partial charge on any atom is -0.308 e. The van der Waals surface area contributed by atoms with Gasteiger partial charge in [-0.05, 0) is 56.6 Å². The molecule has 0 aliphatic heterocycles. The maximum Gasteiger partial charge on any atom is 0.0553 e. The summed E-state index contributed by atoms with van der Waals surface area (Å²) in [7, 11) is 0. The molecule has 2 N–H and O–H groups in total. The summed E-state index contributed by atoms with van der Waals surface area (Å²) >= 11 is 0. The summed E-state index contributed by atoms with van der Waals surface area (Å²) in [5, 5.41) is 11.1. The van der Waals surface area contributed by atoms with Gasteiger partial charge in [-0.25, -0.2) is 0 Å². The van der Waals surface area contributed by atoms with Gasteiger partial charge in [0.1, 0.15) is 0 Å². The van der Waals surface area contributed by atoms with Crippen LogP contribution in [0.5, 0.6) is 0 Å². The third-order valence-corrected chi connectivity index (χ3v) is 4.07. The lowest BCUT2D eigenvalue weighted by atomic mass is 9.91. The van der Waals surface area contributed by atoms with Crippen molar-refractivity contribution >= 4 is 0 Å². The molecule has 3 heteroatoms. The van der Waals surface area contributed by atoms with Crippen LogP contribution < -0.4 is 5.32 Å². The lowest BCUT2D eigenvalue weighted by molar-refractivity contribution is 0.377. The van der Waals surface area contributed by atoms with Crippen molar-refractivity contribution in [3.63, 3.8) is 0 Å². The highest BCUT2D eigenvalue weighted by Gasteiger charge is 2.22. The molecule has 0 fully saturated rings. The number of hydrogen-bond acceptors (Lipinski definition) is 2. The fourth-order valence-electron chi connectivity index (χ4n) is 3.02. The minimum absolute atomic E-state index is 0.507. The summed E-state index contributed by atoms with van der Waals surface area (Å²) in [5.41, 5.74) is 2.75. The van der Waals surface area contributed by atoms with Crippen molar-refractivity contribution < 1.29 is 0 Å². The number of allylic oxidation sites excluding steroid dienone is 2. The second-order valence-corrected chi connectivity index (χ2v) is 5.31. The van der Waals surface area contributed by atoms with E-state index in [9.17, 15) is 0 Å². The fourth-order valence-corrected chi connectivity index (χ4v) is 3.02. The molecule has 0 spiro atoms. The molecule has 0 saturated carbocycles. The van der Waals surface area contributed by atoms with Crippen molar-refractivity contribution in [2.24, 2.45) is 5.92 Å². The Morgan fingerprint density at radius 1 is 1.35 bits per heavy atom. The Balaban J connectivity index is 1.58. The van der Waals surface area contributed by atoms with Crippen LogP contribution in [-0.2, 0) is 6.42 Å². The van der Waals surface area contributed by atoms with Crippen LogP contribution in [0, 0.1) is 5.92 Å². The first kappa shape index (κ1) is 11.0. The van der Waals surface area contributed by atoms with Crippen LogP contribution in [-0.4, -0.2) is 16.7 Å². The van der Waals surface area contributed by atoms with Gasteiger partial charge in [-0.1, -0.05) is 12.2 Å². The van der Waals surface area contributed by atoms with Gasteiger partial charge in [0.2, 0.25) is 0 Å². The first-order valence-corrected chi connectivity index (χ1v) is 6.84. The number of H-pyrrole nitrogens is 1. The van der Waals surface area contributed by atoms with Crippen molar-refractivity contribution in [2.75, 3.05) is 6.54 Å². The minimum atomic E-state index is 0.507. The van der Waals surface area contributed by atoms with Gasteiger partial charge in [0.25, 0.3) is 0 Å². The summed E-state index contributed by atoms with van der Waals surface area (Å²) in [4.78, 5) is 0. The van der Waals surface area contributed by atoms with Crippen molar-refractivity contribution in [1.29, 1.82) is 0 Å². The Hall–Kier alpha value is -1.09. The van der Waals surface area contributed by atoms with E-state index in [1.807, 2.05) is 6.20 Å². The molecular formula is C14H21N3. The third-order valence-electron chi connectivity index (χ3n) is 4.07. The van der Waals surface area contributed by atoms with E-state index >= 15 is 0 Å². The van der Waals surface area contributed by atoms with Gasteiger partial charge >= 0.3 is 0 Å².